The van der Waals surface area contributed by atoms with Crippen molar-refractivity contribution in [2.24, 2.45) is 0 Å². The molecular weight excluding hydrogens is 300 g/mol. The Morgan fingerprint density at radius 1 is 1.35 bits per heavy atom. The average Bonchev–Trinajstić information content (AvgIpc) is 2.63. The van der Waals surface area contributed by atoms with Crippen LogP contribution in [0.1, 0.15) is 5.01 Å². The van der Waals surface area contributed by atoms with Crippen LogP contribution in [-0.2, 0) is 15.6 Å². The van der Waals surface area contributed by atoms with Gasteiger partial charge >= 0.3 is 0 Å². The zero-order chi connectivity index (χ0) is 12.5. The van der Waals surface area contributed by atoms with E-state index in [9.17, 15) is 8.42 Å². The fourth-order valence-electron chi connectivity index (χ4n) is 1.21. The van der Waals surface area contributed by atoms with Crippen molar-refractivity contribution in [2.45, 2.75) is 10.6 Å². The third-order valence-corrected chi connectivity index (χ3v) is 5.14. The maximum absolute atomic E-state index is 12.0. The summed E-state index contributed by atoms with van der Waals surface area (Å²) in [4.78, 5) is 0.225. The number of aromatic nitrogens is 2. The lowest BCUT2D eigenvalue weighted by Gasteiger charge is -2.01. The smallest absolute Gasteiger partial charge is 0.184 e. The summed E-state index contributed by atoms with van der Waals surface area (Å²) in [7, 11) is -3.39. The zero-order valence-electron chi connectivity index (χ0n) is 8.38. The molecule has 0 bridgehead atoms. The molecule has 0 aliphatic carbocycles. The highest BCUT2D eigenvalue weighted by Crippen LogP contribution is 2.19. The van der Waals surface area contributed by atoms with Gasteiger partial charge in [-0.2, -0.15) is 5.10 Å². The molecule has 0 unspecified atom stereocenters. The predicted octanol–water partition coefficient (Wildman–Crippen LogP) is 2.83. The molecule has 1 aromatic heterocycles. The van der Waals surface area contributed by atoms with Crippen LogP contribution in [0.15, 0.2) is 29.2 Å². The van der Waals surface area contributed by atoms with E-state index in [0.717, 1.165) is 11.3 Å². The summed E-state index contributed by atoms with van der Waals surface area (Å²) in [5.41, 5.74) is 0. The van der Waals surface area contributed by atoms with Gasteiger partial charge in [0.15, 0.2) is 13.8 Å². The summed E-state index contributed by atoms with van der Waals surface area (Å²) < 4.78 is 24.5. The van der Waals surface area contributed by atoms with Crippen molar-refractivity contribution >= 4 is 45.0 Å². The standard InChI is InChI=1S/C9H7ClN2O2S3/c10-6-1-3-7(4-2-6)17(13,14)5-8-11-12-9(15)16-8/h1-4H,5H2,(H,12,15). The molecule has 0 saturated carbocycles. The number of nitrogens with zero attached hydrogens (tertiary/aromatic N) is 1. The summed E-state index contributed by atoms with van der Waals surface area (Å²) in [5, 5.41) is 7.33. The Hall–Kier alpha value is -0.760. The normalized spacial score (nSPS) is 11.6. The second kappa shape index (κ2) is 4.85. The predicted molar refractivity (Wildman–Crippen MR) is 69.6 cm³/mol. The minimum Gasteiger partial charge on any atom is -0.258 e. The van der Waals surface area contributed by atoms with E-state index in [1.165, 1.54) is 12.1 Å². The quantitative estimate of drug-likeness (QED) is 0.886. The topological polar surface area (TPSA) is 62.8 Å². The molecule has 0 spiro atoms. The maximum atomic E-state index is 12.0. The minimum absolute atomic E-state index is 0.160. The number of halogens is 1. The molecule has 1 aromatic carbocycles. The van der Waals surface area contributed by atoms with Crippen molar-refractivity contribution in [1.29, 1.82) is 0 Å². The van der Waals surface area contributed by atoms with Crippen LogP contribution in [0.2, 0.25) is 5.02 Å². The molecule has 4 nitrogen and oxygen atoms in total. The first kappa shape index (κ1) is 12.7. The molecule has 1 N–H and O–H groups in total. The van der Waals surface area contributed by atoms with E-state index in [2.05, 4.69) is 10.2 Å². The summed E-state index contributed by atoms with van der Waals surface area (Å²) in [6, 6.07) is 6.04. The second-order valence-electron chi connectivity index (χ2n) is 3.22. The van der Waals surface area contributed by atoms with Gasteiger partial charge in [-0.05, 0) is 36.5 Å². The van der Waals surface area contributed by atoms with Gasteiger partial charge in [-0.3, -0.25) is 5.10 Å². The van der Waals surface area contributed by atoms with Gasteiger partial charge in [-0.1, -0.05) is 22.9 Å². The molecule has 0 aliphatic rings. The van der Waals surface area contributed by atoms with Crippen molar-refractivity contribution in [3.63, 3.8) is 0 Å². The lowest BCUT2D eigenvalue weighted by atomic mass is 10.4. The first-order valence-electron chi connectivity index (χ1n) is 4.50. The number of aromatic amines is 1. The van der Waals surface area contributed by atoms with Crippen molar-refractivity contribution in [2.75, 3.05) is 0 Å². The van der Waals surface area contributed by atoms with Gasteiger partial charge in [0.25, 0.3) is 0 Å². The van der Waals surface area contributed by atoms with Gasteiger partial charge in [0.2, 0.25) is 0 Å². The van der Waals surface area contributed by atoms with Crippen LogP contribution in [-0.4, -0.2) is 18.6 Å². The van der Waals surface area contributed by atoms with Crippen LogP contribution < -0.4 is 0 Å². The number of H-pyrrole nitrogens is 1. The summed E-state index contributed by atoms with van der Waals surface area (Å²) >= 11 is 11.7. The first-order chi connectivity index (χ1) is 7.97. The molecule has 0 amide bonds. The van der Waals surface area contributed by atoms with Crippen LogP contribution in [0.4, 0.5) is 0 Å². The molecular formula is C9H7ClN2O2S3. The van der Waals surface area contributed by atoms with Gasteiger partial charge in [-0.25, -0.2) is 8.42 Å². The van der Waals surface area contributed by atoms with E-state index in [-0.39, 0.29) is 10.6 Å². The van der Waals surface area contributed by atoms with E-state index in [0.29, 0.717) is 14.0 Å². The molecule has 1 heterocycles. The lowest BCUT2D eigenvalue weighted by Crippen LogP contribution is -2.04. The Bertz CT molecular complexity index is 673. The van der Waals surface area contributed by atoms with Crippen LogP contribution >= 0.6 is 35.2 Å². The Kier molecular flexibility index (Phi) is 3.62. The third kappa shape index (κ3) is 3.12. The summed E-state index contributed by atoms with van der Waals surface area (Å²) in [5.74, 6) is -0.160. The number of sulfone groups is 1. The minimum atomic E-state index is -3.39. The summed E-state index contributed by atoms with van der Waals surface area (Å²) in [6.45, 7) is 0. The number of hydrogen-bond donors (Lipinski definition) is 1. The number of rotatable bonds is 3. The van der Waals surface area contributed by atoms with Crippen molar-refractivity contribution in [3.8, 4) is 0 Å². The fourth-order valence-corrected chi connectivity index (χ4v) is 3.88. The summed E-state index contributed by atoms with van der Waals surface area (Å²) in [6.07, 6.45) is 0. The van der Waals surface area contributed by atoms with Crippen LogP contribution in [0.3, 0.4) is 0 Å². The molecule has 0 radical (unpaired) electrons. The van der Waals surface area contributed by atoms with Crippen LogP contribution in [0.5, 0.6) is 0 Å². The zero-order valence-corrected chi connectivity index (χ0v) is 11.6. The van der Waals surface area contributed by atoms with E-state index in [1.807, 2.05) is 0 Å². The van der Waals surface area contributed by atoms with Gasteiger partial charge in [0, 0.05) is 5.02 Å². The highest BCUT2D eigenvalue weighted by molar-refractivity contribution is 7.90. The molecule has 0 atom stereocenters. The van der Waals surface area contributed by atoms with Crippen LogP contribution in [0, 0.1) is 3.95 Å². The van der Waals surface area contributed by atoms with E-state index in [4.69, 9.17) is 23.8 Å². The number of hydrogen-bond acceptors (Lipinski definition) is 5. The third-order valence-electron chi connectivity index (χ3n) is 1.97. The van der Waals surface area contributed by atoms with Crippen molar-refractivity contribution in [3.05, 3.63) is 38.3 Å². The van der Waals surface area contributed by atoms with Crippen molar-refractivity contribution in [1.82, 2.24) is 10.2 Å². The van der Waals surface area contributed by atoms with Crippen molar-refractivity contribution < 1.29 is 8.42 Å². The van der Waals surface area contributed by atoms with Gasteiger partial charge < -0.3 is 0 Å². The Morgan fingerprint density at radius 2 is 2.00 bits per heavy atom. The molecule has 8 heteroatoms. The van der Waals surface area contributed by atoms with Gasteiger partial charge in [0.1, 0.15) is 10.8 Å². The second-order valence-corrected chi connectivity index (χ2v) is 7.40. The largest absolute Gasteiger partial charge is 0.258 e. The molecule has 17 heavy (non-hydrogen) atoms. The molecule has 0 aliphatic heterocycles. The monoisotopic (exact) mass is 306 g/mol. The number of benzene rings is 1. The fraction of sp³-hybridized carbons (Fsp3) is 0.111. The number of nitrogens with one attached hydrogen (secondary N) is 1. The van der Waals surface area contributed by atoms with E-state index in [1.54, 1.807) is 12.1 Å². The van der Waals surface area contributed by atoms with Gasteiger partial charge in [0.05, 0.1) is 4.90 Å². The molecule has 90 valence electrons. The molecule has 2 aromatic rings. The Balaban J connectivity index is 2.31. The SMILES string of the molecule is O=S(=O)(Cc1n[nH]c(=S)s1)c1ccc(Cl)cc1. The Morgan fingerprint density at radius 3 is 2.53 bits per heavy atom. The molecule has 0 fully saturated rings. The molecule has 0 saturated heterocycles. The van der Waals surface area contributed by atoms with Crippen LogP contribution in [0.25, 0.3) is 0 Å². The highest BCUT2D eigenvalue weighted by atomic mass is 35.5. The van der Waals surface area contributed by atoms with E-state index >= 15 is 0 Å². The highest BCUT2D eigenvalue weighted by Gasteiger charge is 2.17. The maximum Gasteiger partial charge on any atom is 0.184 e. The molecule has 2 rings (SSSR count). The first-order valence-corrected chi connectivity index (χ1v) is 7.75. The van der Waals surface area contributed by atoms with Gasteiger partial charge in [-0.15, -0.1) is 0 Å². The Labute approximate surface area is 112 Å². The van der Waals surface area contributed by atoms with E-state index < -0.39 is 9.84 Å². The average molecular weight is 307 g/mol. The lowest BCUT2D eigenvalue weighted by molar-refractivity contribution is 0.595.